The van der Waals surface area contributed by atoms with Crippen molar-refractivity contribution in [3.8, 4) is 17.2 Å². The number of methoxy groups -OCH3 is 1. The summed E-state index contributed by atoms with van der Waals surface area (Å²) in [6.45, 7) is 3.15. The first-order valence-electron chi connectivity index (χ1n) is 10.7. The molecule has 0 aromatic heterocycles. The zero-order chi connectivity index (χ0) is 22.1. The SMILES string of the molecule is COc1ccc(OC[C@H](O)CN(C)Cc2ccc(OCC(=O)N3CCCC3)cc2)cc1. The Morgan fingerprint density at radius 1 is 1.00 bits per heavy atom. The van der Waals surface area contributed by atoms with Gasteiger partial charge in [0.2, 0.25) is 0 Å². The van der Waals surface area contributed by atoms with Crippen LogP contribution in [0.15, 0.2) is 48.5 Å². The number of nitrogens with zero attached hydrogens (tertiary/aromatic N) is 2. The Bertz CT molecular complexity index is 804. The summed E-state index contributed by atoms with van der Waals surface area (Å²) in [5, 5.41) is 10.3. The van der Waals surface area contributed by atoms with E-state index in [9.17, 15) is 9.90 Å². The number of aliphatic hydroxyl groups is 1. The highest BCUT2D eigenvalue weighted by molar-refractivity contribution is 5.78. The van der Waals surface area contributed by atoms with Gasteiger partial charge in [0.1, 0.15) is 30.0 Å². The zero-order valence-electron chi connectivity index (χ0n) is 18.3. The Morgan fingerprint density at radius 2 is 1.58 bits per heavy atom. The number of carbonyl (C=O) groups excluding carboxylic acids is 1. The Hall–Kier alpha value is -2.77. The van der Waals surface area contributed by atoms with Crippen molar-refractivity contribution in [2.24, 2.45) is 0 Å². The standard InChI is InChI=1S/C24H32N2O5/c1-25(16-20(27)17-30-23-11-9-21(29-2)10-12-23)15-19-5-7-22(8-6-19)31-18-24(28)26-13-3-4-14-26/h5-12,20,27H,3-4,13-18H2,1-2H3/t20-/m1/s1. The molecule has 0 unspecified atom stereocenters. The summed E-state index contributed by atoms with van der Waals surface area (Å²) in [6.07, 6.45) is 1.55. The van der Waals surface area contributed by atoms with Gasteiger partial charge in [-0.2, -0.15) is 0 Å². The predicted octanol–water partition coefficient (Wildman–Crippen LogP) is 2.57. The molecule has 1 aliphatic rings. The number of benzene rings is 2. The maximum Gasteiger partial charge on any atom is 0.260 e. The number of hydrogen-bond acceptors (Lipinski definition) is 6. The molecule has 1 fully saturated rings. The molecule has 1 heterocycles. The lowest BCUT2D eigenvalue weighted by Crippen LogP contribution is -2.32. The van der Waals surface area contributed by atoms with E-state index in [4.69, 9.17) is 14.2 Å². The molecule has 2 aromatic rings. The minimum absolute atomic E-state index is 0.0483. The molecule has 7 nitrogen and oxygen atoms in total. The van der Waals surface area contributed by atoms with Crippen molar-refractivity contribution in [1.82, 2.24) is 9.80 Å². The molecule has 0 saturated carbocycles. The Labute approximate surface area is 184 Å². The molecule has 1 atom stereocenters. The molecule has 0 aliphatic carbocycles. The van der Waals surface area contributed by atoms with Crippen molar-refractivity contribution in [1.29, 1.82) is 0 Å². The van der Waals surface area contributed by atoms with Crippen LogP contribution < -0.4 is 14.2 Å². The monoisotopic (exact) mass is 428 g/mol. The van der Waals surface area contributed by atoms with Gasteiger partial charge in [-0.15, -0.1) is 0 Å². The first-order valence-corrected chi connectivity index (χ1v) is 10.7. The lowest BCUT2D eigenvalue weighted by molar-refractivity contribution is -0.132. The van der Waals surface area contributed by atoms with Gasteiger partial charge in [0.15, 0.2) is 6.61 Å². The molecule has 0 radical (unpaired) electrons. The van der Waals surface area contributed by atoms with E-state index in [0.717, 1.165) is 37.2 Å². The van der Waals surface area contributed by atoms with E-state index in [0.29, 0.717) is 24.6 Å². The number of ether oxygens (including phenoxy) is 3. The molecular formula is C24H32N2O5. The highest BCUT2D eigenvalue weighted by atomic mass is 16.5. The Balaban J connectivity index is 1.37. The summed E-state index contributed by atoms with van der Waals surface area (Å²) in [6, 6.07) is 15.0. The summed E-state index contributed by atoms with van der Waals surface area (Å²) in [5.41, 5.74) is 1.10. The van der Waals surface area contributed by atoms with Crippen molar-refractivity contribution in [2.75, 3.05) is 47.0 Å². The summed E-state index contributed by atoms with van der Waals surface area (Å²) in [7, 11) is 3.57. The molecule has 2 aromatic carbocycles. The first-order chi connectivity index (χ1) is 15.0. The molecule has 0 bridgehead atoms. The molecule has 0 spiro atoms. The summed E-state index contributed by atoms with van der Waals surface area (Å²) < 4.78 is 16.4. The van der Waals surface area contributed by atoms with Crippen molar-refractivity contribution in [3.05, 3.63) is 54.1 Å². The first kappa shape index (κ1) is 22.9. The molecule has 7 heteroatoms. The Kier molecular flexibility index (Phi) is 8.55. The van der Waals surface area contributed by atoms with Crippen LogP contribution in [-0.2, 0) is 11.3 Å². The van der Waals surface area contributed by atoms with Gasteiger partial charge in [-0.1, -0.05) is 12.1 Å². The number of carbonyl (C=O) groups is 1. The molecule has 168 valence electrons. The predicted molar refractivity (Wildman–Crippen MR) is 119 cm³/mol. The van der Waals surface area contributed by atoms with Gasteiger partial charge in [-0.25, -0.2) is 0 Å². The van der Waals surface area contributed by atoms with Gasteiger partial charge in [0, 0.05) is 26.2 Å². The third-order valence-corrected chi connectivity index (χ3v) is 5.22. The fraction of sp³-hybridized carbons (Fsp3) is 0.458. The third-order valence-electron chi connectivity index (χ3n) is 5.22. The van der Waals surface area contributed by atoms with E-state index in [1.165, 1.54) is 0 Å². The van der Waals surface area contributed by atoms with Gasteiger partial charge in [0.25, 0.3) is 5.91 Å². The lowest BCUT2D eigenvalue weighted by atomic mass is 10.2. The maximum absolute atomic E-state index is 12.1. The molecule has 1 aliphatic heterocycles. The van der Waals surface area contributed by atoms with E-state index in [1.807, 2.05) is 65.4 Å². The molecule has 1 N–H and O–H groups in total. The van der Waals surface area contributed by atoms with Crippen LogP contribution in [0.3, 0.4) is 0 Å². The van der Waals surface area contributed by atoms with Crippen LogP contribution in [0, 0.1) is 0 Å². The highest BCUT2D eigenvalue weighted by Crippen LogP contribution is 2.18. The smallest absolute Gasteiger partial charge is 0.260 e. The second kappa shape index (κ2) is 11.6. The van der Waals surface area contributed by atoms with Crippen LogP contribution >= 0.6 is 0 Å². The van der Waals surface area contributed by atoms with E-state index >= 15 is 0 Å². The minimum atomic E-state index is -0.605. The average Bonchev–Trinajstić information content (AvgIpc) is 3.32. The lowest BCUT2D eigenvalue weighted by Gasteiger charge is -2.21. The molecule has 1 amide bonds. The fourth-order valence-electron chi connectivity index (χ4n) is 3.55. The number of aliphatic hydroxyl groups excluding tert-OH is 1. The van der Waals surface area contributed by atoms with Gasteiger partial charge in [-0.05, 0) is 61.9 Å². The van der Waals surface area contributed by atoms with Crippen molar-refractivity contribution >= 4 is 5.91 Å². The number of likely N-dealkylation sites (N-methyl/N-ethyl adjacent to an activating group) is 1. The van der Waals surface area contributed by atoms with Crippen LogP contribution in [0.25, 0.3) is 0 Å². The summed E-state index contributed by atoms with van der Waals surface area (Å²) in [4.78, 5) is 16.0. The van der Waals surface area contributed by atoms with Gasteiger partial charge >= 0.3 is 0 Å². The topological polar surface area (TPSA) is 71.5 Å². The van der Waals surface area contributed by atoms with E-state index in [1.54, 1.807) is 7.11 Å². The summed E-state index contributed by atoms with van der Waals surface area (Å²) in [5.74, 6) is 2.20. The van der Waals surface area contributed by atoms with Crippen LogP contribution in [0.4, 0.5) is 0 Å². The van der Waals surface area contributed by atoms with Gasteiger partial charge < -0.3 is 24.2 Å². The second-order valence-corrected chi connectivity index (χ2v) is 7.86. The van der Waals surface area contributed by atoms with Crippen LogP contribution in [0.1, 0.15) is 18.4 Å². The van der Waals surface area contributed by atoms with Crippen molar-refractivity contribution < 1.29 is 24.1 Å². The average molecular weight is 429 g/mol. The van der Waals surface area contributed by atoms with Crippen LogP contribution in [-0.4, -0.2) is 73.9 Å². The van der Waals surface area contributed by atoms with Crippen LogP contribution in [0.5, 0.6) is 17.2 Å². The Morgan fingerprint density at radius 3 is 2.23 bits per heavy atom. The van der Waals surface area contributed by atoms with E-state index in [-0.39, 0.29) is 19.1 Å². The van der Waals surface area contributed by atoms with Crippen LogP contribution in [0.2, 0.25) is 0 Å². The van der Waals surface area contributed by atoms with E-state index < -0.39 is 6.10 Å². The number of likely N-dealkylation sites (tertiary alicyclic amines) is 1. The summed E-state index contributed by atoms with van der Waals surface area (Å²) >= 11 is 0. The molecule has 1 saturated heterocycles. The van der Waals surface area contributed by atoms with Gasteiger partial charge in [-0.3, -0.25) is 9.69 Å². The van der Waals surface area contributed by atoms with Gasteiger partial charge in [0.05, 0.1) is 7.11 Å². The van der Waals surface area contributed by atoms with E-state index in [2.05, 4.69) is 0 Å². The highest BCUT2D eigenvalue weighted by Gasteiger charge is 2.18. The van der Waals surface area contributed by atoms with Crippen molar-refractivity contribution in [3.63, 3.8) is 0 Å². The number of rotatable bonds is 11. The number of amides is 1. The molecule has 31 heavy (non-hydrogen) atoms. The largest absolute Gasteiger partial charge is 0.497 e. The number of hydrogen-bond donors (Lipinski definition) is 1. The second-order valence-electron chi connectivity index (χ2n) is 7.86. The maximum atomic E-state index is 12.1. The minimum Gasteiger partial charge on any atom is -0.497 e. The fourth-order valence-corrected chi connectivity index (χ4v) is 3.55. The zero-order valence-corrected chi connectivity index (χ0v) is 18.3. The molecule has 3 rings (SSSR count). The normalized spacial score (nSPS) is 14.5. The molecular weight excluding hydrogens is 396 g/mol. The van der Waals surface area contributed by atoms with Crippen molar-refractivity contribution in [2.45, 2.75) is 25.5 Å². The third kappa shape index (κ3) is 7.45. The quantitative estimate of drug-likeness (QED) is 0.593.